The maximum Gasteiger partial charge on any atom is 0.251 e. The van der Waals surface area contributed by atoms with Gasteiger partial charge >= 0.3 is 0 Å². The molecule has 11 heteroatoms. The minimum atomic E-state index is -1.32. The van der Waals surface area contributed by atoms with Crippen LogP contribution in [-0.2, 0) is 4.74 Å². The number of rotatable bonds is 3. The molecule has 9 N–H and O–H groups in total. The van der Waals surface area contributed by atoms with Crippen LogP contribution in [-0.4, -0.2) is 66.2 Å². The lowest BCUT2D eigenvalue weighted by molar-refractivity contribution is -0.0508. The van der Waals surface area contributed by atoms with E-state index in [1.165, 1.54) is 17.1 Å². The molecule has 1 aliphatic rings. The maximum atomic E-state index is 11.6. The van der Waals surface area contributed by atoms with Crippen molar-refractivity contribution in [1.82, 2.24) is 14.5 Å². The van der Waals surface area contributed by atoms with Gasteiger partial charge in [-0.05, 0) is 0 Å². The number of fused-ring (bicyclic) bond motifs is 1. The van der Waals surface area contributed by atoms with Crippen molar-refractivity contribution in [2.75, 3.05) is 12.3 Å². The van der Waals surface area contributed by atoms with Gasteiger partial charge < -0.3 is 41.6 Å². The highest BCUT2D eigenvalue weighted by Gasteiger charge is 2.44. The van der Waals surface area contributed by atoms with Crippen LogP contribution in [0.25, 0.3) is 11.0 Å². The Bertz CT molecular complexity index is 734. The van der Waals surface area contributed by atoms with Gasteiger partial charge in [0.1, 0.15) is 36.1 Å². The number of carbonyl (C=O) groups is 1. The molecule has 1 amide bonds. The number of ether oxygens (including phenoxy) is 1. The van der Waals surface area contributed by atoms with Gasteiger partial charge in [-0.2, -0.15) is 0 Å². The Morgan fingerprint density at radius 2 is 2.04 bits per heavy atom. The average molecular weight is 327 g/mol. The number of hydrogen-bond acceptors (Lipinski definition) is 8. The highest BCUT2D eigenvalue weighted by atomic mass is 16.6. The minimum absolute atomic E-state index is 0. The summed E-state index contributed by atoms with van der Waals surface area (Å²) in [6, 6.07) is 0. The quantitative estimate of drug-likeness (QED) is 0.390. The van der Waals surface area contributed by atoms with Gasteiger partial charge in [-0.3, -0.25) is 4.79 Å². The van der Waals surface area contributed by atoms with Gasteiger partial charge in [-0.15, -0.1) is 0 Å². The van der Waals surface area contributed by atoms with E-state index >= 15 is 0 Å². The van der Waals surface area contributed by atoms with Crippen molar-refractivity contribution < 1.29 is 30.3 Å². The molecule has 0 aliphatic carbocycles. The maximum absolute atomic E-state index is 11.6. The molecule has 0 bridgehead atoms. The SMILES string of the molecule is NC(=O)c1cn(C2OC(CO)C(O)C2O)c2ncnc(N)c12.O. The minimum Gasteiger partial charge on any atom is -0.412 e. The molecule has 4 unspecified atom stereocenters. The summed E-state index contributed by atoms with van der Waals surface area (Å²) < 4.78 is 6.77. The molecule has 3 rings (SSSR count). The predicted octanol–water partition coefficient (Wildman–Crippen LogP) is -3.10. The molecule has 1 aliphatic heterocycles. The number of nitrogens with zero attached hydrogens (tertiary/aromatic N) is 3. The molecule has 4 atom stereocenters. The summed E-state index contributed by atoms with van der Waals surface area (Å²) >= 11 is 0. The monoisotopic (exact) mass is 327 g/mol. The van der Waals surface area contributed by atoms with Crippen LogP contribution in [0.5, 0.6) is 0 Å². The summed E-state index contributed by atoms with van der Waals surface area (Å²) in [5, 5.41) is 29.3. The molecule has 2 aromatic rings. The number of primary amides is 1. The summed E-state index contributed by atoms with van der Waals surface area (Å²) in [5.74, 6) is -0.679. The molecule has 0 saturated carbocycles. The normalized spacial score (nSPS) is 27.1. The second kappa shape index (κ2) is 6.06. The number of aromatic nitrogens is 3. The third kappa shape index (κ3) is 2.50. The van der Waals surface area contributed by atoms with Crippen molar-refractivity contribution in [3.8, 4) is 0 Å². The molecule has 1 fully saturated rings. The molecular formula is C12H17N5O6. The van der Waals surface area contributed by atoms with Gasteiger partial charge in [0, 0.05) is 6.20 Å². The Morgan fingerprint density at radius 1 is 1.35 bits per heavy atom. The van der Waals surface area contributed by atoms with E-state index in [1.54, 1.807) is 0 Å². The first kappa shape index (κ1) is 17.1. The van der Waals surface area contributed by atoms with Crippen LogP contribution in [0, 0.1) is 0 Å². The number of anilines is 1. The zero-order chi connectivity index (χ0) is 16.0. The fraction of sp³-hybridized carbons (Fsp3) is 0.417. The Morgan fingerprint density at radius 3 is 2.61 bits per heavy atom. The third-order valence-electron chi connectivity index (χ3n) is 3.70. The third-order valence-corrected chi connectivity index (χ3v) is 3.70. The zero-order valence-corrected chi connectivity index (χ0v) is 11.8. The Labute approximate surface area is 129 Å². The molecule has 0 spiro atoms. The van der Waals surface area contributed by atoms with Crippen molar-refractivity contribution in [1.29, 1.82) is 0 Å². The molecule has 0 aromatic carbocycles. The summed E-state index contributed by atoms with van der Waals surface area (Å²) in [6.45, 7) is -0.465. The van der Waals surface area contributed by atoms with E-state index in [2.05, 4.69) is 9.97 Å². The van der Waals surface area contributed by atoms with Crippen LogP contribution in [0.15, 0.2) is 12.5 Å². The molecule has 11 nitrogen and oxygen atoms in total. The first-order valence-corrected chi connectivity index (χ1v) is 6.49. The fourth-order valence-electron chi connectivity index (χ4n) is 2.60. The van der Waals surface area contributed by atoms with Gasteiger partial charge in [-0.1, -0.05) is 0 Å². The number of nitrogen functional groups attached to an aromatic ring is 1. The number of carbonyl (C=O) groups excluding carboxylic acids is 1. The van der Waals surface area contributed by atoms with Crippen LogP contribution in [0.4, 0.5) is 5.82 Å². The summed E-state index contributed by atoms with van der Waals surface area (Å²) in [7, 11) is 0. The molecule has 23 heavy (non-hydrogen) atoms. The van der Waals surface area contributed by atoms with Gasteiger partial charge in [0.2, 0.25) is 0 Å². The van der Waals surface area contributed by atoms with Crippen LogP contribution >= 0.6 is 0 Å². The lowest BCUT2D eigenvalue weighted by Gasteiger charge is -2.17. The zero-order valence-electron chi connectivity index (χ0n) is 11.8. The number of aliphatic hydroxyl groups is 3. The number of amides is 1. The standard InChI is InChI=1S/C12H15N5O5.H2O/c13-9-6-4(10(14)21)1-17(11(6)16-3-15-9)12-8(20)7(19)5(2-18)22-12;/h1,3,5,7-8,12,18-20H,2H2,(H2,14,21)(H2,13,15,16);1H2. The first-order valence-electron chi connectivity index (χ1n) is 6.49. The average Bonchev–Trinajstić information content (AvgIpc) is 3.00. The van der Waals surface area contributed by atoms with Gasteiger partial charge in [0.05, 0.1) is 17.6 Å². The number of aliphatic hydroxyl groups excluding tert-OH is 3. The van der Waals surface area contributed by atoms with Crippen molar-refractivity contribution in [3.63, 3.8) is 0 Å². The van der Waals surface area contributed by atoms with Gasteiger partial charge in [-0.25, -0.2) is 9.97 Å². The van der Waals surface area contributed by atoms with Crippen LogP contribution < -0.4 is 11.5 Å². The fourth-order valence-corrected chi connectivity index (χ4v) is 2.60. The molecule has 126 valence electrons. The van der Waals surface area contributed by atoms with Crippen LogP contribution in [0.1, 0.15) is 16.6 Å². The van der Waals surface area contributed by atoms with E-state index in [0.717, 1.165) is 0 Å². The molecule has 1 saturated heterocycles. The van der Waals surface area contributed by atoms with E-state index < -0.39 is 37.1 Å². The summed E-state index contributed by atoms with van der Waals surface area (Å²) in [6.07, 6.45) is -2.06. The first-order chi connectivity index (χ1) is 10.5. The molecule has 0 radical (unpaired) electrons. The van der Waals surface area contributed by atoms with Crippen LogP contribution in [0.2, 0.25) is 0 Å². The molecule has 2 aromatic heterocycles. The highest BCUT2D eigenvalue weighted by Crippen LogP contribution is 2.34. The van der Waals surface area contributed by atoms with E-state index in [-0.39, 0.29) is 27.9 Å². The number of hydrogen-bond donors (Lipinski definition) is 5. The van der Waals surface area contributed by atoms with E-state index in [9.17, 15) is 15.0 Å². The Kier molecular flexibility index (Phi) is 4.49. The summed E-state index contributed by atoms with van der Waals surface area (Å²) in [5.41, 5.74) is 11.4. The lowest BCUT2D eigenvalue weighted by Crippen LogP contribution is -2.33. The van der Waals surface area contributed by atoms with Crippen molar-refractivity contribution in [2.24, 2.45) is 5.73 Å². The van der Waals surface area contributed by atoms with E-state index in [1.807, 2.05) is 0 Å². The van der Waals surface area contributed by atoms with Crippen LogP contribution in [0.3, 0.4) is 0 Å². The molecule has 3 heterocycles. The highest BCUT2D eigenvalue weighted by molar-refractivity contribution is 6.08. The lowest BCUT2D eigenvalue weighted by atomic mass is 10.1. The number of nitrogens with two attached hydrogens (primary N) is 2. The predicted molar refractivity (Wildman–Crippen MR) is 77.1 cm³/mol. The van der Waals surface area contributed by atoms with Crippen molar-refractivity contribution in [2.45, 2.75) is 24.5 Å². The van der Waals surface area contributed by atoms with Gasteiger partial charge in [0.15, 0.2) is 6.23 Å². The largest absolute Gasteiger partial charge is 0.412 e. The summed E-state index contributed by atoms with van der Waals surface area (Å²) in [4.78, 5) is 19.4. The topological polar surface area (TPSA) is 201 Å². The van der Waals surface area contributed by atoms with E-state index in [4.69, 9.17) is 21.3 Å². The van der Waals surface area contributed by atoms with Crippen molar-refractivity contribution >= 4 is 22.8 Å². The smallest absolute Gasteiger partial charge is 0.251 e. The van der Waals surface area contributed by atoms with Crippen molar-refractivity contribution in [3.05, 3.63) is 18.1 Å². The second-order valence-corrected chi connectivity index (χ2v) is 5.00. The van der Waals surface area contributed by atoms with E-state index in [0.29, 0.717) is 0 Å². The van der Waals surface area contributed by atoms with Gasteiger partial charge in [0.25, 0.3) is 5.91 Å². The second-order valence-electron chi connectivity index (χ2n) is 5.00. The Balaban J connectivity index is 0.00000192. The Hall–Kier alpha value is -2.31. The molecular weight excluding hydrogens is 310 g/mol.